The maximum atomic E-state index is 3.58. The summed E-state index contributed by atoms with van der Waals surface area (Å²) >= 11 is 0. The first-order valence-corrected chi connectivity index (χ1v) is 7.63. The molecular weight excluding hydrogens is 208 g/mol. The Morgan fingerprint density at radius 3 is 2.12 bits per heavy atom. The van der Waals surface area contributed by atoms with Gasteiger partial charge >= 0.3 is 0 Å². The van der Waals surface area contributed by atoms with Crippen LogP contribution < -0.4 is 5.32 Å². The van der Waals surface area contributed by atoms with E-state index in [1.165, 1.54) is 45.2 Å². The fourth-order valence-corrected chi connectivity index (χ4v) is 2.18. The maximum absolute atomic E-state index is 3.58. The van der Waals surface area contributed by atoms with Crippen molar-refractivity contribution in [3.63, 3.8) is 0 Å². The van der Waals surface area contributed by atoms with E-state index in [-0.39, 0.29) is 0 Å². The second-order valence-corrected chi connectivity index (χ2v) is 5.26. The van der Waals surface area contributed by atoms with Crippen molar-refractivity contribution in [2.45, 2.75) is 78.8 Å². The van der Waals surface area contributed by atoms with Gasteiger partial charge in [0, 0.05) is 18.6 Å². The van der Waals surface area contributed by atoms with Crippen LogP contribution in [0.25, 0.3) is 0 Å². The van der Waals surface area contributed by atoms with Crippen LogP contribution >= 0.6 is 0 Å². The summed E-state index contributed by atoms with van der Waals surface area (Å²) in [5.74, 6) is 0. The van der Waals surface area contributed by atoms with Gasteiger partial charge in [0.25, 0.3) is 0 Å². The van der Waals surface area contributed by atoms with Crippen molar-refractivity contribution in [3.8, 4) is 0 Å². The average Bonchev–Trinajstić information content (AvgIpc) is 2.34. The molecule has 0 spiro atoms. The summed E-state index contributed by atoms with van der Waals surface area (Å²) in [5.41, 5.74) is 0. The summed E-state index contributed by atoms with van der Waals surface area (Å²) in [6.07, 6.45) is 6.45. The van der Waals surface area contributed by atoms with Gasteiger partial charge in [0.05, 0.1) is 0 Å². The first-order valence-electron chi connectivity index (χ1n) is 7.63. The van der Waals surface area contributed by atoms with Gasteiger partial charge in [-0.2, -0.15) is 0 Å². The minimum absolute atomic E-state index is 0.661. The maximum Gasteiger partial charge on any atom is 0.0195 e. The summed E-state index contributed by atoms with van der Waals surface area (Å²) in [6, 6.07) is 1.37. The van der Waals surface area contributed by atoms with E-state index in [0.717, 1.165) is 6.54 Å². The molecule has 0 aromatic carbocycles. The zero-order valence-electron chi connectivity index (χ0n) is 12.8. The van der Waals surface area contributed by atoms with Crippen molar-refractivity contribution < 1.29 is 0 Å². The van der Waals surface area contributed by atoms with Crippen molar-refractivity contribution in [1.29, 1.82) is 0 Å². The van der Waals surface area contributed by atoms with Gasteiger partial charge in [-0.3, -0.25) is 4.90 Å². The summed E-state index contributed by atoms with van der Waals surface area (Å²) in [4.78, 5) is 2.67. The quantitative estimate of drug-likeness (QED) is 0.556. The molecule has 0 aromatic rings. The van der Waals surface area contributed by atoms with Crippen molar-refractivity contribution in [2.75, 3.05) is 19.6 Å². The Balaban J connectivity index is 3.98. The first-order chi connectivity index (χ1) is 8.17. The Hall–Kier alpha value is -0.0800. The monoisotopic (exact) mass is 242 g/mol. The lowest BCUT2D eigenvalue weighted by molar-refractivity contribution is 0.145. The van der Waals surface area contributed by atoms with Crippen LogP contribution in [0.15, 0.2) is 0 Å². The highest BCUT2D eigenvalue weighted by Gasteiger charge is 2.17. The first kappa shape index (κ1) is 16.9. The number of hydrogen-bond acceptors (Lipinski definition) is 2. The third-order valence-corrected chi connectivity index (χ3v) is 3.64. The highest BCUT2D eigenvalue weighted by molar-refractivity contribution is 4.74. The van der Waals surface area contributed by atoms with Crippen molar-refractivity contribution >= 4 is 0 Å². The van der Waals surface area contributed by atoms with Gasteiger partial charge in [0.1, 0.15) is 0 Å². The summed E-state index contributed by atoms with van der Waals surface area (Å²) < 4.78 is 0. The SMILES string of the molecule is CCCCNCC(C)N(CCCC)C(C)CC. The smallest absolute Gasteiger partial charge is 0.0195 e. The van der Waals surface area contributed by atoms with Gasteiger partial charge in [0.2, 0.25) is 0 Å². The fourth-order valence-electron chi connectivity index (χ4n) is 2.18. The van der Waals surface area contributed by atoms with E-state index in [2.05, 4.69) is 44.8 Å². The van der Waals surface area contributed by atoms with Gasteiger partial charge in [0.15, 0.2) is 0 Å². The number of rotatable bonds is 11. The zero-order chi connectivity index (χ0) is 13.1. The van der Waals surface area contributed by atoms with E-state index in [4.69, 9.17) is 0 Å². The molecule has 1 N–H and O–H groups in total. The van der Waals surface area contributed by atoms with Crippen LogP contribution in [0, 0.1) is 0 Å². The summed E-state index contributed by atoms with van der Waals surface area (Å²) in [6.45, 7) is 15.1. The highest BCUT2D eigenvalue weighted by atomic mass is 15.2. The van der Waals surface area contributed by atoms with Crippen LogP contribution in [0.1, 0.15) is 66.7 Å². The Kier molecular flexibility index (Phi) is 11.0. The molecule has 0 fully saturated rings. The molecular formula is C15H34N2. The summed E-state index contributed by atoms with van der Waals surface area (Å²) in [5, 5.41) is 3.58. The number of nitrogens with zero attached hydrogens (tertiary/aromatic N) is 1. The minimum atomic E-state index is 0.661. The average molecular weight is 242 g/mol. The van der Waals surface area contributed by atoms with E-state index in [9.17, 15) is 0 Å². The van der Waals surface area contributed by atoms with Crippen LogP contribution in [0.2, 0.25) is 0 Å². The molecule has 0 aromatic heterocycles. The van der Waals surface area contributed by atoms with Crippen LogP contribution in [-0.4, -0.2) is 36.6 Å². The fraction of sp³-hybridized carbons (Fsp3) is 1.00. The highest BCUT2D eigenvalue weighted by Crippen LogP contribution is 2.10. The Labute approximate surface area is 109 Å². The molecule has 0 aliphatic heterocycles. The van der Waals surface area contributed by atoms with Gasteiger partial charge in [-0.25, -0.2) is 0 Å². The van der Waals surface area contributed by atoms with Crippen LogP contribution in [-0.2, 0) is 0 Å². The molecule has 0 heterocycles. The van der Waals surface area contributed by atoms with Crippen LogP contribution in [0.5, 0.6) is 0 Å². The molecule has 2 atom stereocenters. The van der Waals surface area contributed by atoms with E-state index in [1.807, 2.05) is 0 Å². The van der Waals surface area contributed by atoms with Crippen molar-refractivity contribution in [2.24, 2.45) is 0 Å². The molecule has 0 rings (SSSR count). The van der Waals surface area contributed by atoms with Gasteiger partial charge in [-0.15, -0.1) is 0 Å². The van der Waals surface area contributed by atoms with E-state index in [0.29, 0.717) is 12.1 Å². The summed E-state index contributed by atoms with van der Waals surface area (Å²) in [7, 11) is 0. The lowest BCUT2D eigenvalue weighted by atomic mass is 10.1. The predicted octanol–water partition coefficient (Wildman–Crippen LogP) is 3.67. The van der Waals surface area contributed by atoms with Crippen molar-refractivity contribution in [3.05, 3.63) is 0 Å². The molecule has 2 nitrogen and oxygen atoms in total. The van der Waals surface area contributed by atoms with Gasteiger partial charge in [-0.05, 0) is 46.2 Å². The largest absolute Gasteiger partial charge is 0.315 e. The van der Waals surface area contributed by atoms with E-state index in [1.54, 1.807) is 0 Å². The number of nitrogens with one attached hydrogen (secondary N) is 1. The second-order valence-electron chi connectivity index (χ2n) is 5.26. The topological polar surface area (TPSA) is 15.3 Å². The molecule has 0 saturated carbocycles. The Bertz CT molecular complexity index is 159. The molecule has 0 radical (unpaired) electrons. The molecule has 0 aliphatic carbocycles. The minimum Gasteiger partial charge on any atom is -0.315 e. The standard InChI is InChI=1S/C15H34N2/c1-6-9-11-16-13-15(5)17(12-10-7-2)14(4)8-3/h14-16H,6-13H2,1-5H3. The van der Waals surface area contributed by atoms with Crippen molar-refractivity contribution in [1.82, 2.24) is 10.2 Å². The van der Waals surface area contributed by atoms with Crippen LogP contribution in [0.4, 0.5) is 0 Å². The molecule has 104 valence electrons. The lowest BCUT2D eigenvalue weighted by Gasteiger charge is -2.34. The molecule has 0 aliphatic rings. The Morgan fingerprint density at radius 2 is 1.59 bits per heavy atom. The normalized spacial score (nSPS) is 15.2. The van der Waals surface area contributed by atoms with E-state index < -0.39 is 0 Å². The Morgan fingerprint density at radius 1 is 0.941 bits per heavy atom. The third kappa shape index (κ3) is 7.77. The molecule has 0 bridgehead atoms. The number of hydrogen-bond donors (Lipinski definition) is 1. The van der Waals surface area contributed by atoms with Gasteiger partial charge in [-0.1, -0.05) is 33.6 Å². The predicted molar refractivity (Wildman–Crippen MR) is 78.6 cm³/mol. The van der Waals surface area contributed by atoms with Crippen LogP contribution in [0.3, 0.4) is 0 Å². The molecule has 2 heteroatoms. The van der Waals surface area contributed by atoms with E-state index >= 15 is 0 Å². The third-order valence-electron chi connectivity index (χ3n) is 3.64. The van der Waals surface area contributed by atoms with Gasteiger partial charge < -0.3 is 5.32 Å². The second kappa shape index (κ2) is 11.0. The zero-order valence-corrected chi connectivity index (χ0v) is 12.8. The molecule has 0 amide bonds. The molecule has 17 heavy (non-hydrogen) atoms. The number of unbranched alkanes of at least 4 members (excludes halogenated alkanes) is 2. The molecule has 0 saturated heterocycles. The molecule has 2 unspecified atom stereocenters. The lowest BCUT2D eigenvalue weighted by Crippen LogP contribution is -2.45.